The Morgan fingerprint density at radius 3 is 2.40 bits per heavy atom. The number of aliphatic hydroxyl groups is 4. The Hall–Kier alpha value is -2.69. The van der Waals surface area contributed by atoms with Gasteiger partial charge in [0.1, 0.15) is 42.0 Å². The first-order valence-corrected chi connectivity index (χ1v) is 9.40. The Labute approximate surface area is 173 Å². The predicted octanol–water partition coefficient (Wildman–Crippen LogP) is 0.228. The van der Waals surface area contributed by atoms with E-state index >= 15 is 0 Å². The zero-order valence-corrected chi connectivity index (χ0v) is 16.3. The van der Waals surface area contributed by atoms with Gasteiger partial charge in [0.25, 0.3) is 5.91 Å². The Kier molecular flexibility index (Phi) is 7.24. The zero-order valence-electron chi connectivity index (χ0n) is 16.3. The molecule has 0 saturated carbocycles. The van der Waals surface area contributed by atoms with Gasteiger partial charge in [0.15, 0.2) is 6.61 Å². The lowest BCUT2D eigenvalue weighted by Gasteiger charge is -2.40. The molecule has 1 saturated heterocycles. The molecule has 3 rings (SSSR count). The summed E-state index contributed by atoms with van der Waals surface area (Å²) in [7, 11) is 1.51. The van der Waals surface area contributed by atoms with Gasteiger partial charge in [0, 0.05) is 0 Å². The summed E-state index contributed by atoms with van der Waals surface area (Å²) in [5, 5.41) is 42.0. The molecule has 1 fully saturated rings. The Bertz CT molecular complexity index is 841. The van der Waals surface area contributed by atoms with E-state index in [4.69, 9.17) is 14.2 Å². The molecule has 1 aliphatic rings. The number of carbonyl (C=O) groups excluding carboxylic acids is 1. The van der Waals surface area contributed by atoms with Crippen molar-refractivity contribution >= 4 is 11.6 Å². The molecule has 5 atom stereocenters. The van der Waals surface area contributed by atoms with Crippen LogP contribution in [0.2, 0.25) is 0 Å². The van der Waals surface area contributed by atoms with Crippen LogP contribution in [0.5, 0.6) is 11.5 Å². The lowest BCUT2D eigenvalue weighted by atomic mass is 9.91. The number of methoxy groups -OCH3 is 1. The van der Waals surface area contributed by atoms with E-state index in [1.165, 1.54) is 7.11 Å². The molecule has 0 aromatic heterocycles. The lowest BCUT2D eigenvalue weighted by molar-refractivity contribution is -0.231. The number of hydrogen-bond acceptors (Lipinski definition) is 8. The molecule has 9 nitrogen and oxygen atoms in total. The van der Waals surface area contributed by atoms with Crippen LogP contribution >= 0.6 is 0 Å². The van der Waals surface area contributed by atoms with E-state index in [2.05, 4.69) is 5.32 Å². The van der Waals surface area contributed by atoms with Gasteiger partial charge in [-0.3, -0.25) is 4.79 Å². The molecule has 1 heterocycles. The second-order valence-electron chi connectivity index (χ2n) is 6.86. The van der Waals surface area contributed by atoms with Gasteiger partial charge in [-0.2, -0.15) is 0 Å². The minimum atomic E-state index is -1.45. The fraction of sp³-hybridized carbons (Fsp3) is 0.381. The van der Waals surface area contributed by atoms with Crippen molar-refractivity contribution in [1.29, 1.82) is 0 Å². The monoisotopic (exact) mass is 419 g/mol. The number of amides is 1. The molecule has 162 valence electrons. The molecule has 2 aromatic carbocycles. The second-order valence-corrected chi connectivity index (χ2v) is 6.86. The summed E-state index contributed by atoms with van der Waals surface area (Å²) < 4.78 is 16.2. The number of aliphatic hydroxyl groups excluding tert-OH is 4. The first-order chi connectivity index (χ1) is 14.4. The summed E-state index contributed by atoms with van der Waals surface area (Å²) >= 11 is 0. The van der Waals surface area contributed by atoms with Crippen LogP contribution in [0.1, 0.15) is 11.7 Å². The summed E-state index contributed by atoms with van der Waals surface area (Å²) in [6.45, 7) is -0.721. The van der Waals surface area contributed by atoms with E-state index in [1.54, 1.807) is 48.5 Å². The van der Waals surface area contributed by atoms with E-state index in [0.29, 0.717) is 22.7 Å². The molecule has 30 heavy (non-hydrogen) atoms. The summed E-state index contributed by atoms with van der Waals surface area (Å²) in [6.07, 6.45) is -6.13. The zero-order chi connectivity index (χ0) is 21.7. The molecule has 1 amide bonds. The number of anilines is 1. The van der Waals surface area contributed by atoms with E-state index in [0.717, 1.165) is 0 Å². The van der Waals surface area contributed by atoms with Crippen LogP contribution in [0.4, 0.5) is 5.69 Å². The molecule has 2 aromatic rings. The van der Waals surface area contributed by atoms with Crippen LogP contribution in [0, 0.1) is 0 Å². The molecule has 1 unspecified atom stereocenters. The highest BCUT2D eigenvalue weighted by Gasteiger charge is 2.43. The minimum Gasteiger partial charge on any atom is -0.495 e. The average Bonchev–Trinajstić information content (AvgIpc) is 2.77. The smallest absolute Gasteiger partial charge is 0.262 e. The normalized spacial score (nSPS) is 26.1. The third-order valence-electron chi connectivity index (χ3n) is 4.85. The van der Waals surface area contributed by atoms with Crippen LogP contribution in [-0.2, 0) is 9.53 Å². The third kappa shape index (κ3) is 4.89. The van der Waals surface area contributed by atoms with Crippen molar-refractivity contribution in [2.75, 3.05) is 25.6 Å². The van der Waals surface area contributed by atoms with Gasteiger partial charge in [-0.1, -0.05) is 24.3 Å². The van der Waals surface area contributed by atoms with Crippen LogP contribution in [0.25, 0.3) is 0 Å². The minimum absolute atomic E-state index is 0.225. The number of ether oxygens (including phenoxy) is 3. The Morgan fingerprint density at radius 1 is 1.03 bits per heavy atom. The average molecular weight is 419 g/mol. The summed E-state index contributed by atoms with van der Waals surface area (Å²) in [5.41, 5.74) is 1.06. The molecular weight excluding hydrogens is 394 g/mol. The molecule has 0 aliphatic carbocycles. The third-order valence-corrected chi connectivity index (χ3v) is 4.85. The lowest BCUT2D eigenvalue weighted by Crippen LogP contribution is -2.55. The standard InChI is InChI=1S/C21H25NO8/c1-28-15-5-3-2-4-14(15)22-17(24)11-29-13-8-6-12(7-9-13)21-20(27)19(26)18(25)16(10-23)30-21/h2-9,16,18-21,23,25-27H,10-11H2,1H3,(H,22,24)/t16-,18-,19+,20+,21?/m1/s1. The van der Waals surface area contributed by atoms with E-state index < -0.39 is 37.1 Å². The van der Waals surface area contributed by atoms with Crippen molar-refractivity contribution in [3.05, 3.63) is 54.1 Å². The topological polar surface area (TPSA) is 138 Å². The molecule has 1 aliphatic heterocycles. The summed E-state index contributed by atoms with van der Waals surface area (Å²) in [6, 6.07) is 13.4. The Morgan fingerprint density at radius 2 is 1.73 bits per heavy atom. The predicted molar refractivity (Wildman–Crippen MR) is 106 cm³/mol. The van der Waals surface area contributed by atoms with Gasteiger partial charge in [-0.05, 0) is 29.8 Å². The van der Waals surface area contributed by atoms with Crippen LogP contribution in [0.15, 0.2) is 48.5 Å². The van der Waals surface area contributed by atoms with Gasteiger partial charge >= 0.3 is 0 Å². The molecule has 9 heteroatoms. The molecule has 0 radical (unpaired) electrons. The first kappa shape index (κ1) is 22.0. The van der Waals surface area contributed by atoms with Gasteiger partial charge in [0.2, 0.25) is 0 Å². The highest BCUT2D eigenvalue weighted by molar-refractivity contribution is 5.93. The second kappa shape index (κ2) is 9.88. The van der Waals surface area contributed by atoms with Crippen molar-refractivity contribution in [1.82, 2.24) is 0 Å². The number of para-hydroxylation sites is 2. The maximum atomic E-state index is 12.1. The number of carbonyl (C=O) groups is 1. The van der Waals surface area contributed by atoms with Crippen LogP contribution in [-0.4, -0.2) is 71.1 Å². The summed E-state index contributed by atoms with van der Waals surface area (Å²) in [5.74, 6) is 0.589. The fourth-order valence-electron chi connectivity index (χ4n) is 3.21. The van der Waals surface area contributed by atoms with Crippen molar-refractivity contribution < 1.29 is 39.4 Å². The molecule has 0 spiro atoms. The van der Waals surface area contributed by atoms with Crippen LogP contribution in [0.3, 0.4) is 0 Å². The molecule has 0 bridgehead atoms. The van der Waals surface area contributed by atoms with Crippen molar-refractivity contribution in [2.24, 2.45) is 0 Å². The van der Waals surface area contributed by atoms with Gasteiger partial charge < -0.3 is 40.0 Å². The quantitative estimate of drug-likeness (QED) is 0.430. The summed E-state index contributed by atoms with van der Waals surface area (Å²) in [4.78, 5) is 12.1. The fourth-order valence-corrected chi connectivity index (χ4v) is 3.21. The first-order valence-electron chi connectivity index (χ1n) is 9.40. The van der Waals surface area contributed by atoms with Crippen LogP contribution < -0.4 is 14.8 Å². The van der Waals surface area contributed by atoms with Gasteiger partial charge in [0.05, 0.1) is 19.4 Å². The van der Waals surface area contributed by atoms with Crippen molar-refractivity contribution in [3.8, 4) is 11.5 Å². The largest absolute Gasteiger partial charge is 0.495 e. The van der Waals surface area contributed by atoms with Gasteiger partial charge in [-0.15, -0.1) is 0 Å². The molecule has 5 N–H and O–H groups in total. The van der Waals surface area contributed by atoms with Crippen molar-refractivity contribution in [3.63, 3.8) is 0 Å². The number of nitrogens with one attached hydrogen (secondary N) is 1. The van der Waals surface area contributed by atoms with Gasteiger partial charge in [-0.25, -0.2) is 0 Å². The van der Waals surface area contributed by atoms with E-state index in [1.807, 2.05) is 0 Å². The SMILES string of the molecule is COc1ccccc1NC(=O)COc1ccc(C2O[C@H](CO)[C@@H](O)[C@H](O)[C@@H]2O)cc1. The van der Waals surface area contributed by atoms with E-state index in [9.17, 15) is 25.2 Å². The number of benzene rings is 2. The van der Waals surface area contributed by atoms with Crippen molar-refractivity contribution in [2.45, 2.75) is 30.5 Å². The highest BCUT2D eigenvalue weighted by atomic mass is 16.5. The molecular formula is C21H25NO8. The maximum Gasteiger partial charge on any atom is 0.262 e. The highest BCUT2D eigenvalue weighted by Crippen LogP contribution is 2.33. The van der Waals surface area contributed by atoms with E-state index in [-0.39, 0.29) is 12.5 Å². The number of hydrogen-bond donors (Lipinski definition) is 5. The number of rotatable bonds is 7. The Balaban J connectivity index is 1.58. The maximum absolute atomic E-state index is 12.1.